The number of alkyl halides is 3. The summed E-state index contributed by atoms with van der Waals surface area (Å²) >= 11 is 0. The summed E-state index contributed by atoms with van der Waals surface area (Å²) < 4.78 is 43.7. The second kappa shape index (κ2) is 7.95. The molecule has 1 aliphatic rings. The molecule has 1 aromatic heterocycles. The highest BCUT2D eigenvalue weighted by molar-refractivity contribution is 5.95. The van der Waals surface area contributed by atoms with Gasteiger partial charge in [-0.15, -0.1) is 0 Å². The van der Waals surface area contributed by atoms with E-state index in [1.165, 1.54) is 18.4 Å². The third-order valence-corrected chi connectivity index (χ3v) is 4.59. The molecular weight excluding hydrogens is 375 g/mol. The summed E-state index contributed by atoms with van der Waals surface area (Å²) in [5, 5.41) is 2.58. The van der Waals surface area contributed by atoms with Crippen LogP contribution in [0.1, 0.15) is 23.0 Å². The maximum Gasteiger partial charge on any atom is 0.416 e. The summed E-state index contributed by atoms with van der Waals surface area (Å²) in [7, 11) is 0. The number of halogens is 3. The van der Waals surface area contributed by atoms with Crippen LogP contribution in [0.4, 0.5) is 18.9 Å². The third kappa shape index (κ3) is 4.47. The Hall–Kier alpha value is -2.97. The lowest BCUT2D eigenvalue weighted by Crippen LogP contribution is -2.54. The number of anilines is 1. The van der Waals surface area contributed by atoms with Gasteiger partial charge in [0.15, 0.2) is 5.76 Å². The first kappa shape index (κ1) is 19.8. The fourth-order valence-corrected chi connectivity index (χ4v) is 3.08. The highest BCUT2D eigenvalue weighted by Gasteiger charge is 2.31. The van der Waals surface area contributed by atoms with E-state index in [0.717, 1.165) is 12.1 Å². The van der Waals surface area contributed by atoms with Crippen LogP contribution in [0.25, 0.3) is 0 Å². The van der Waals surface area contributed by atoms with Crippen LogP contribution in [0.2, 0.25) is 0 Å². The van der Waals surface area contributed by atoms with Gasteiger partial charge in [0.05, 0.1) is 11.8 Å². The Kier molecular flexibility index (Phi) is 5.62. The van der Waals surface area contributed by atoms with Gasteiger partial charge in [-0.05, 0) is 37.3 Å². The van der Waals surface area contributed by atoms with Gasteiger partial charge in [0.2, 0.25) is 5.91 Å². The van der Waals surface area contributed by atoms with Crippen molar-refractivity contribution in [2.24, 2.45) is 0 Å². The van der Waals surface area contributed by atoms with Crippen LogP contribution in [0.5, 0.6) is 0 Å². The van der Waals surface area contributed by atoms with E-state index in [1.54, 1.807) is 24.0 Å². The smallest absolute Gasteiger partial charge is 0.416 e. The normalized spacial score (nSPS) is 16.0. The topological polar surface area (TPSA) is 65.8 Å². The molecule has 2 amide bonds. The Labute approximate surface area is 159 Å². The standard InChI is InChI=1S/C19H20F3N3O3/c1-13(23-17(26)16-6-3-11-28-16)18(27)25-9-7-24(8-10-25)15-5-2-4-14(12-15)19(20,21)22/h2-6,11-13H,7-10H2,1H3,(H,23,26)/t13-/m0/s1. The highest BCUT2D eigenvalue weighted by Crippen LogP contribution is 2.31. The average Bonchev–Trinajstić information content (AvgIpc) is 3.22. The molecule has 2 heterocycles. The number of carbonyl (C=O) groups is 2. The molecule has 1 fully saturated rings. The lowest BCUT2D eigenvalue weighted by atomic mass is 10.1. The van der Waals surface area contributed by atoms with Crippen LogP contribution in [0.3, 0.4) is 0 Å². The number of benzene rings is 1. The molecule has 0 aliphatic carbocycles. The molecule has 1 N–H and O–H groups in total. The Bertz CT molecular complexity index is 828. The first-order chi connectivity index (χ1) is 13.3. The van der Waals surface area contributed by atoms with Crippen molar-refractivity contribution in [3.05, 3.63) is 54.0 Å². The summed E-state index contributed by atoms with van der Waals surface area (Å²) in [6.07, 6.45) is -3.02. The van der Waals surface area contributed by atoms with Gasteiger partial charge in [-0.25, -0.2) is 0 Å². The van der Waals surface area contributed by atoms with Crippen molar-refractivity contribution in [3.8, 4) is 0 Å². The van der Waals surface area contributed by atoms with Gasteiger partial charge in [-0.2, -0.15) is 13.2 Å². The van der Waals surface area contributed by atoms with E-state index in [4.69, 9.17) is 4.42 Å². The van der Waals surface area contributed by atoms with Crippen LogP contribution in [0, 0.1) is 0 Å². The molecule has 9 heteroatoms. The van der Waals surface area contributed by atoms with Gasteiger partial charge in [-0.3, -0.25) is 9.59 Å². The zero-order valence-electron chi connectivity index (χ0n) is 15.2. The zero-order valence-corrected chi connectivity index (χ0v) is 15.2. The maximum absolute atomic E-state index is 12.9. The fraction of sp³-hybridized carbons (Fsp3) is 0.368. The molecular formula is C19H20F3N3O3. The first-order valence-electron chi connectivity index (χ1n) is 8.81. The molecule has 0 spiro atoms. The predicted octanol–water partition coefficient (Wildman–Crippen LogP) is 2.77. The van der Waals surface area contributed by atoms with Crippen molar-refractivity contribution >= 4 is 17.5 Å². The molecule has 0 unspecified atom stereocenters. The van der Waals surface area contributed by atoms with Gasteiger partial charge >= 0.3 is 6.18 Å². The Morgan fingerprint density at radius 3 is 2.43 bits per heavy atom. The summed E-state index contributed by atoms with van der Waals surface area (Å²) in [5.41, 5.74) is -0.223. The number of piperazine rings is 1. The number of furan rings is 1. The van der Waals surface area contributed by atoms with Crippen molar-refractivity contribution < 1.29 is 27.2 Å². The zero-order chi connectivity index (χ0) is 20.3. The highest BCUT2D eigenvalue weighted by atomic mass is 19.4. The van der Waals surface area contributed by atoms with Gasteiger partial charge in [-0.1, -0.05) is 6.07 Å². The number of amides is 2. The Morgan fingerprint density at radius 1 is 1.11 bits per heavy atom. The number of rotatable bonds is 4. The summed E-state index contributed by atoms with van der Waals surface area (Å²) in [6, 6.07) is 7.49. The summed E-state index contributed by atoms with van der Waals surface area (Å²) in [6.45, 7) is 3.12. The molecule has 28 heavy (non-hydrogen) atoms. The molecule has 1 aliphatic heterocycles. The fourth-order valence-electron chi connectivity index (χ4n) is 3.08. The van der Waals surface area contributed by atoms with Crippen molar-refractivity contribution in [2.75, 3.05) is 31.1 Å². The molecule has 3 rings (SSSR count). The van der Waals surface area contributed by atoms with Gasteiger partial charge < -0.3 is 19.5 Å². The van der Waals surface area contributed by atoms with E-state index in [9.17, 15) is 22.8 Å². The quantitative estimate of drug-likeness (QED) is 0.865. The third-order valence-electron chi connectivity index (χ3n) is 4.59. The number of nitrogens with one attached hydrogen (secondary N) is 1. The SMILES string of the molecule is C[C@H](NC(=O)c1ccco1)C(=O)N1CCN(c2cccc(C(F)(F)F)c2)CC1. The van der Waals surface area contributed by atoms with Gasteiger partial charge in [0.25, 0.3) is 5.91 Å². The van der Waals surface area contributed by atoms with E-state index in [1.807, 2.05) is 4.90 Å². The van der Waals surface area contributed by atoms with E-state index < -0.39 is 23.7 Å². The Balaban J connectivity index is 1.56. The monoisotopic (exact) mass is 395 g/mol. The minimum atomic E-state index is -4.39. The lowest BCUT2D eigenvalue weighted by Gasteiger charge is -2.37. The van der Waals surface area contributed by atoms with Crippen LogP contribution in [-0.2, 0) is 11.0 Å². The molecule has 1 aromatic carbocycles. The van der Waals surface area contributed by atoms with E-state index in [-0.39, 0.29) is 11.7 Å². The van der Waals surface area contributed by atoms with E-state index >= 15 is 0 Å². The summed E-state index contributed by atoms with van der Waals surface area (Å²) in [5.74, 6) is -0.605. The van der Waals surface area contributed by atoms with Crippen LogP contribution in [0.15, 0.2) is 47.1 Å². The van der Waals surface area contributed by atoms with Crippen molar-refractivity contribution in [3.63, 3.8) is 0 Å². The van der Waals surface area contributed by atoms with E-state index in [2.05, 4.69) is 5.32 Å². The molecule has 0 radical (unpaired) electrons. The minimum Gasteiger partial charge on any atom is -0.459 e. The second-order valence-corrected chi connectivity index (χ2v) is 6.53. The van der Waals surface area contributed by atoms with Crippen LogP contribution in [-0.4, -0.2) is 48.9 Å². The largest absolute Gasteiger partial charge is 0.459 e. The second-order valence-electron chi connectivity index (χ2n) is 6.53. The Morgan fingerprint density at radius 2 is 1.82 bits per heavy atom. The van der Waals surface area contributed by atoms with Crippen molar-refractivity contribution in [2.45, 2.75) is 19.1 Å². The molecule has 0 saturated carbocycles. The molecule has 6 nitrogen and oxygen atoms in total. The molecule has 1 atom stereocenters. The lowest BCUT2D eigenvalue weighted by molar-refractivity contribution is -0.137. The van der Waals surface area contributed by atoms with Crippen molar-refractivity contribution in [1.29, 1.82) is 0 Å². The first-order valence-corrected chi connectivity index (χ1v) is 8.81. The van der Waals surface area contributed by atoms with Crippen LogP contribution >= 0.6 is 0 Å². The number of hydrogen-bond acceptors (Lipinski definition) is 4. The summed E-state index contributed by atoms with van der Waals surface area (Å²) in [4.78, 5) is 27.9. The maximum atomic E-state index is 12.9. The number of hydrogen-bond donors (Lipinski definition) is 1. The molecule has 2 aromatic rings. The predicted molar refractivity (Wildman–Crippen MR) is 95.9 cm³/mol. The average molecular weight is 395 g/mol. The molecule has 0 bridgehead atoms. The number of carbonyl (C=O) groups excluding carboxylic acids is 2. The minimum absolute atomic E-state index is 0.119. The van der Waals surface area contributed by atoms with Gasteiger partial charge in [0, 0.05) is 31.9 Å². The van der Waals surface area contributed by atoms with E-state index in [0.29, 0.717) is 31.9 Å². The molecule has 150 valence electrons. The van der Waals surface area contributed by atoms with Crippen molar-refractivity contribution in [1.82, 2.24) is 10.2 Å². The molecule has 1 saturated heterocycles. The van der Waals surface area contributed by atoms with Crippen LogP contribution < -0.4 is 10.2 Å². The number of nitrogens with zero attached hydrogens (tertiary/aromatic N) is 2. The van der Waals surface area contributed by atoms with Gasteiger partial charge in [0.1, 0.15) is 6.04 Å².